The van der Waals surface area contributed by atoms with Crippen molar-refractivity contribution >= 4 is 34.0 Å². The number of thiazole rings is 1. The first kappa shape index (κ1) is 13.6. The molecule has 0 aliphatic carbocycles. The van der Waals surface area contributed by atoms with Crippen molar-refractivity contribution in [2.24, 2.45) is 0 Å². The number of nitrogens with zero attached hydrogens (tertiary/aromatic N) is 3. The van der Waals surface area contributed by atoms with Crippen LogP contribution in [0.25, 0.3) is 0 Å². The molecule has 1 unspecified atom stereocenters. The molecule has 0 amide bonds. The molecule has 2 rings (SSSR count). The van der Waals surface area contributed by atoms with E-state index in [1.54, 1.807) is 0 Å². The van der Waals surface area contributed by atoms with Gasteiger partial charge in [0, 0.05) is 19.1 Å². The molecule has 0 radical (unpaired) electrons. The first-order chi connectivity index (χ1) is 8.49. The number of hydrogen-bond donors (Lipinski definition) is 1. The first-order valence-electron chi connectivity index (χ1n) is 5.80. The number of rotatable bonds is 3. The van der Waals surface area contributed by atoms with Crippen LogP contribution in [-0.2, 0) is 0 Å². The van der Waals surface area contributed by atoms with Gasteiger partial charge in [-0.25, -0.2) is 9.78 Å². The summed E-state index contributed by atoms with van der Waals surface area (Å²) in [6, 6.07) is 0.481. The first-order valence-corrected chi connectivity index (χ1v) is 6.99. The predicted octanol–water partition coefficient (Wildman–Crippen LogP) is 2.03. The molecule has 0 spiro atoms. The van der Waals surface area contributed by atoms with Crippen molar-refractivity contribution in [3.8, 4) is 0 Å². The quantitative estimate of drug-likeness (QED) is 0.923. The highest BCUT2D eigenvalue weighted by Crippen LogP contribution is 2.31. The molecular weight excluding hydrogens is 274 g/mol. The van der Waals surface area contributed by atoms with Crippen molar-refractivity contribution < 1.29 is 9.90 Å². The highest BCUT2D eigenvalue weighted by atomic mass is 35.5. The Kier molecular flexibility index (Phi) is 4.09. The minimum absolute atomic E-state index is 0.0921. The molecule has 1 N–H and O–H groups in total. The summed E-state index contributed by atoms with van der Waals surface area (Å²) in [5, 5.41) is 9.78. The summed E-state index contributed by atoms with van der Waals surface area (Å²) in [5.41, 5.74) is 0. The Balaban J connectivity index is 2.16. The molecule has 0 saturated carbocycles. The van der Waals surface area contributed by atoms with Crippen LogP contribution in [-0.4, -0.2) is 54.2 Å². The van der Waals surface area contributed by atoms with Crippen molar-refractivity contribution in [1.29, 1.82) is 0 Å². The van der Waals surface area contributed by atoms with Gasteiger partial charge in [-0.2, -0.15) is 0 Å². The third kappa shape index (κ3) is 2.76. The topological polar surface area (TPSA) is 56.7 Å². The number of carbonyl (C=O) groups is 1. The number of hydrogen-bond acceptors (Lipinski definition) is 5. The lowest BCUT2D eigenvalue weighted by Crippen LogP contribution is -2.45. The van der Waals surface area contributed by atoms with E-state index in [4.69, 9.17) is 16.7 Å². The normalized spacial score (nSPS) is 20.4. The minimum Gasteiger partial charge on any atom is -0.477 e. The molecule has 2 heterocycles. The number of aromatic nitrogens is 1. The highest BCUT2D eigenvalue weighted by Gasteiger charge is 2.25. The van der Waals surface area contributed by atoms with E-state index in [9.17, 15) is 4.79 Å². The van der Waals surface area contributed by atoms with Crippen LogP contribution >= 0.6 is 22.9 Å². The molecule has 1 aromatic heterocycles. The Hall–Kier alpha value is -0.850. The second-order valence-electron chi connectivity index (χ2n) is 4.63. The number of halogens is 1. The third-order valence-corrected chi connectivity index (χ3v) is 4.66. The van der Waals surface area contributed by atoms with Gasteiger partial charge in [0.2, 0.25) is 0 Å². The zero-order valence-electron chi connectivity index (χ0n) is 10.4. The SMILES string of the molecule is CN(C)C1CCCN(c2nc(Cl)c(C(=O)O)s2)C1. The molecule has 1 saturated heterocycles. The predicted molar refractivity (Wildman–Crippen MR) is 73.0 cm³/mol. The van der Waals surface area contributed by atoms with E-state index in [0.29, 0.717) is 11.2 Å². The number of anilines is 1. The maximum Gasteiger partial charge on any atom is 0.349 e. The molecule has 1 aliphatic rings. The average molecular weight is 290 g/mol. The zero-order chi connectivity index (χ0) is 13.3. The molecule has 1 fully saturated rings. The lowest BCUT2D eigenvalue weighted by atomic mass is 10.1. The standard InChI is InChI=1S/C11H16ClN3O2S/c1-14(2)7-4-3-5-15(6-7)11-13-9(12)8(18-11)10(16)17/h7H,3-6H2,1-2H3,(H,16,17). The van der Waals surface area contributed by atoms with Crippen LogP contribution in [0.3, 0.4) is 0 Å². The number of piperidine rings is 1. The van der Waals surface area contributed by atoms with E-state index >= 15 is 0 Å². The summed E-state index contributed by atoms with van der Waals surface area (Å²) in [4.78, 5) is 19.5. The summed E-state index contributed by atoms with van der Waals surface area (Å²) in [7, 11) is 4.12. The van der Waals surface area contributed by atoms with Crippen molar-refractivity contribution in [3.63, 3.8) is 0 Å². The van der Waals surface area contributed by atoms with E-state index in [2.05, 4.69) is 28.9 Å². The van der Waals surface area contributed by atoms with Crippen LogP contribution < -0.4 is 4.90 Å². The van der Waals surface area contributed by atoms with Crippen LogP contribution in [0.4, 0.5) is 5.13 Å². The minimum atomic E-state index is -1.01. The van der Waals surface area contributed by atoms with Crippen LogP contribution in [0.2, 0.25) is 5.15 Å². The lowest BCUT2D eigenvalue weighted by molar-refractivity contribution is 0.0702. The molecule has 7 heteroatoms. The second-order valence-corrected chi connectivity index (χ2v) is 5.96. The molecule has 1 atom stereocenters. The fourth-order valence-corrected chi connectivity index (χ4v) is 3.27. The number of carboxylic acids is 1. The van der Waals surface area contributed by atoms with Gasteiger partial charge < -0.3 is 14.9 Å². The largest absolute Gasteiger partial charge is 0.477 e. The fourth-order valence-electron chi connectivity index (χ4n) is 2.11. The van der Waals surface area contributed by atoms with Gasteiger partial charge in [0.25, 0.3) is 0 Å². The molecule has 100 valence electrons. The molecule has 1 aliphatic heterocycles. The van der Waals surface area contributed by atoms with Crippen molar-refractivity contribution in [2.45, 2.75) is 18.9 Å². The van der Waals surface area contributed by atoms with Gasteiger partial charge in [-0.3, -0.25) is 0 Å². The van der Waals surface area contributed by atoms with Gasteiger partial charge in [-0.1, -0.05) is 22.9 Å². The summed E-state index contributed by atoms with van der Waals surface area (Å²) in [6.45, 7) is 1.78. The smallest absolute Gasteiger partial charge is 0.349 e. The fraction of sp³-hybridized carbons (Fsp3) is 0.636. The molecule has 18 heavy (non-hydrogen) atoms. The molecular formula is C11H16ClN3O2S. The van der Waals surface area contributed by atoms with E-state index < -0.39 is 5.97 Å². The summed E-state index contributed by atoms with van der Waals surface area (Å²) in [5.74, 6) is -1.01. The summed E-state index contributed by atoms with van der Waals surface area (Å²) < 4.78 is 0. The van der Waals surface area contributed by atoms with Crippen LogP contribution in [0.1, 0.15) is 22.5 Å². The van der Waals surface area contributed by atoms with Crippen LogP contribution in [0, 0.1) is 0 Å². The number of carboxylic acid groups (broad SMARTS) is 1. The van der Waals surface area contributed by atoms with Gasteiger partial charge in [-0.05, 0) is 26.9 Å². The van der Waals surface area contributed by atoms with Crippen LogP contribution in [0.5, 0.6) is 0 Å². The van der Waals surface area contributed by atoms with E-state index in [-0.39, 0.29) is 10.0 Å². The monoisotopic (exact) mass is 289 g/mol. The third-order valence-electron chi connectivity index (χ3n) is 3.17. The number of likely N-dealkylation sites (N-methyl/N-ethyl adjacent to an activating group) is 1. The number of aromatic carboxylic acids is 1. The van der Waals surface area contributed by atoms with Gasteiger partial charge >= 0.3 is 5.97 Å². The van der Waals surface area contributed by atoms with Gasteiger partial charge in [0.1, 0.15) is 0 Å². The molecule has 0 aromatic carbocycles. The Bertz CT molecular complexity index is 449. The van der Waals surface area contributed by atoms with Crippen molar-refractivity contribution in [1.82, 2.24) is 9.88 Å². The molecule has 5 nitrogen and oxygen atoms in total. The maximum absolute atomic E-state index is 10.9. The van der Waals surface area contributed by atoms with Gasteiger partial charge in [-0.15, -0.1) is 0 Å². The summed E-state index contributed by atoms with van der Waals surface area (Å²) >= 11 is 6.99. The van der Waals surface area contributed by atoms with E-state index in [0.717, 1.165) is 37.3 Å². The average Bonchev–Trinajstić information content (AvgIpc) is 2.71. The zero-order valence-corrected chi connectivity index (χ0v) is 12.0. The van der Waals surface area contributed by atoms with E-state index in [1.807, 2.05) is 0 Å². The Morgan fingerprint density at radius 3 is 2.89 bits per heavy atom. The Labute approximate surface area is 115 Å². The summed E-state index contributed by atoms with van der Waals surface area (Å²) in [6.07, 6.45) is 2.25. The second kappa shape index (κ2) is 5.42. The van der Waals surface area contributed by atoms with Crippen molar-refractivity contribution in [2.75, 3.05) is 32.1 Å². The van der Waals surface area contributed by atoms with Gasteiger partial charge in [0.15, 0.2) is 15.2 Å². The lowest BCUT2D eigenvalue weighted by Gasteiger charge is -2.35. The maximum atomic E-state index is 10.9. The molecule has 0 bridgehead atoms. The Morgan fingerprint density at radius 1 is 1.61 bits per heavy atom. The molecule has 1 aromatic rings. The highest BCUT2D eigenvalue weighted by molar-refractivity contribution is 7.18. The van der Waals surface area contributed by atoms with Crippen molar-refractivity contribution in [3.05, 3.63) is 10.0 Å². The van der Waals surface area contributed by atoms with E-state index in [1.165, 1.54) is 0 Å². The Morgan fingerprint density at radius 2 is 2.33 bits per heavy atom. The van der Waals surface area contributed by atoms with Crippen LogP contribution in [0.15, 0.2) is 0 Å². The van der Waals surface area contributed by atoms with Gasteiger partial charge in [0.05, 0.1) is 0 Å².